The Hall–Kier alpha value is 0.270. The maximum absolute atomic E-state index is 5.03. The molecule has 0 N–H and O–H groups in total. The number of hydrogen-bond donors (Lipinski definition) is 1. The average molecular weight is 164 g/mol. The predicted octanol–water partition coefficient (Wildman–Crippen LogP) is 2.05. The molecule has 62 valence electrons. The van der Waals surface area contributed by atoms with Crippen molar-refractivity contribution in [1.29, 1.82) is 0 Å². The van der Waals surface area contributed by atoms with Gasteiger partial charge in [0.05, 0.1) is 0 Å². The van der Waals surface area contributed by atoms with Crippen LogP contribution in [0.25, 0.3) is 0 Å². The molecule has 3 heteroatoms. The van der Waals surface area contributed by atoms with Crippen LogP contribution in [0.4, 0.5) is 0 Å². The van der Waals surface area contributed by atoms with Gasteiger partial charge in [-0.25, -0.2) is 0 Å². The number of rotatable bonds is 5. The summed E-state index contributed by atoms with van der Waals surface area (Å²) < 4.78 is 10.1. The second-order valence-electron chi connectivity index (χ2n) is 2.22. The van der Waals surface area contributed by atoms with Crippen molar-refractivity contribution in [2.75, 3.05) is 14.2 Å². The van der Waals surface area contributed by atoms with Crippen molar-refractivity contribution >= 4 is 12.6 Å². The second-order valence-corrected chi connectivity index (χ2v) is 2.91. The molecule has 0 fully saturated rings. The molecule has 0 aliphatic rings. The van der Waals surface area contributed by atoms with Crippen molar-refractivity contribution in [3.8, 4) is 0 Å². The summed E-state index contributed by atoms with van der Waals surface area (Å²) in [5.41, 5.74) is 0. The smallest absolute Gasteiger partial charge is 0.214 e. The molecule has 0 rings (SSSR count). The lowest BCUT2D eigenvalue weighted by atomic mass is 10.2. The lowest BCUT2D eigenvalue weighted by molar-refractivity contribution is -0.136. The Morgan fingerprint density at radius 1 is 1.30 bits per heavy atom. The molecule has 0 aromatic carbocycles. The van der Waals surface area contributed by atoms with Crippen LogP contribution in [0, 0.1) is 0 Å². The molecular weight excluding hydrogens is 148 g/mol. The van der Waals surface area contributed by atoms with E-state index in [-0.39, 0.29) is 0 Å². The molecule has 0 saturated heterocycles. The molecule has 0 aliphatic heterocycles. The molecule has 0 saturated carbocycles. The zero-order chi connectivity index (χ0) is 8.04. The summed E-state index contributed by atoms with van der Waals surface area (Å²) in [4.78, 5) is 0. The standard InChI is InChI=1S/C7H16O2S/c1-4-5-6-7(10,8-2)9-3/h10H,4-6H2,1-3H3. The summed E-state index contributed by atoms with van der Waals surface area (Å²) in [6.07, 6.45) is 3.04. The van der Waals surface area contributed by atoms with Gasteiger partial charge in [0, 0.05) is 20.6 Å². The lowest BCUT2D eigenvalue weighted by Crippen LogP contribution is -2.26. The molecule has 0 aromatic heterocycles. The molecule has 2 nitrogen and oxygen atoms in total. The van der Waals surface area contributed by atoms with Crippen molar-refractivity contribution in [1.82, 2.24) is 0 Å². The fourth-order valence-electron chi connectivity index (χ4n) is 0.688. The van der Waals surface area contributed by atoms with Gasteiger partial charge in [-0.15, -0.1) is 12.6 Å². The molecule has 0 aliphatic carbocycles. The lowest BCUT2D eigenvalue weighted by Gasteiger charge is -2.24. The van der Waals surface area contributed by atoms with Crippen LogP contribution in [0.1, 0.15) is 26.2 Å². The molecule has 0 unspecified atom stereocenters. The zero-order valence-corrected chi connectivity index (χ0v) is 7.78. The minimum Gasteiger partial charge on any atom is -0.345 e. The van der Waals surface area contributed by atoms with Crippen LogP contribution in [0.2, 0.25) is 0 Å². The van der Waals surface area contributed by atoms with E-state index < -0.39 is 5.12 Å². The van der Waals surface area contributed by atoms with Crippen LogP contribution in [0.15, 0.2) is 0 Å². The van der Waals surface area contributed by atoms with Crippen LogP contribution in [0.3, 0.4) is 0 Å². The molecular formula is C7H16O2S. The molecule has 0 aromatic rings. The Kier molecular flexibility index (Phi) is 5.13. The summed E-state index contributed by atoms with van der Waals surface area (Å²) in [6.45, 7) is 2.12. The summed E-state index contributed by atoms with van der Waals surface area (Å²) in [5, 5.41) is -0.671. The van der Waals surface area contributed by atoms with Crippen molar-refractivity contribution in [3.05, 3.63) is 0 Å². The topological polar surface area (TPSA) is 18.5 Å². The van der Waals surface area contributed by atoms with Gasteiger partial charge in [-0.1, -0.05) is 13.3 Å². The van der Waals surface area contributed by atoms with Gasteiger partial charge in [-0.05, 0) is 6.42 Å². The average Bonchev–Trinajstić information content (AvgIpc) is 2.00. The summed E-state index contributed by atoms with van der Waals surface area (Å²) in [6, 6.07) is 0. The Morgan fingerprint density at radius 3 is 2.10 bits per heavy atom. The first-order valence-electron chi connectivity index (χ1n) is 3.51. The van der Waals surface area contributed by atoms with Crippen LogP contribution < -0.4 is 0 Å². The number of thiol groups is 1. The van der Waals surface area contributed by atoms with E-state index in [0.717, 1.165) is 19.3 Å². The highest BCUT2D eigenvalue weighted by molar-refractivity contribution is 7.81. The maximum Gasteiger partial charge on any atom is 0.214 e. The normalized spacial score (nSPS) is 12.0. The highest BCUT2D eigenvalue weighted by atomic mass is 32.1. The van der Waals surface area contributed by atoms with Gasteiger partial charge in [0.1, 0.15) is 0 Å². The molecule has 0 atom stereocenters. The van der Waals surface area contributed by atoms with Gasteiger partial charge < -0.3 is 9.47 Å². The van der Waals surface area contributed by atoms with Gasteiger partial charge in [-0.2, -0.15) is 0 Å². The third-order valence-corrected chi connectivity index (χ3v) is 2.07. The Labute approximate surface area is 68.3 Å². The summed E-state index contributed by atoms with van der Waals surface area (Å²) >= 11 is 4.21. The summed E-state index contributed by atoms with van der Waals surface area (Å²) in [5.74, 6) is 0. The van der Waals surface area contributed by atoms with Crippen molar-refractivity contribution in [3.63, 3.8) is 0 Å². The van der Waals surface area contributed by atoms with Crippen LogP contribution in [-0.2, 0) is 9.47 Å². The third-order valence-electron chi connectivity index (χ3n) is 1.48. The Bertz CT molecular complexity index is 81.7. The van der Waals surface area contributed by atoms with Crippen LogP contribution >= 0.6 is 12.6 Å². The largest absolute Gasteiger partial charge is 0.345 e. The fourth-order valence-corrected chi connectivity index (χ4v) is 0.846. The van der Waals surface area contributed by atoms with Gasteiger partial charge >= 0.3 is 0 Å². The van der Waals surface area contributed by atoms with E-state index in [2.05, 4.69) is 19.6 Å². The Morgan fingerprint density at radius 2 is 1.80 bits per heavy atom. The number of hydrogen-bond acceptors (Lipinski definition) is 3. The number of ether oxygens (including phenoxy) is 2. The van der Waals surface area contributed by atoms with Gasteiger partial charge in [0.15, 0.2) is 0 Å². The highest BCUT2D eigenvalue weighted by Crippen LogP contribution is 2.22. The number of methoxy groups -OCH3 is 2. The van der Waals surface area contributed by atoms with Gasteiger partial charge in [0.25, 0.3) is 0 Å². The fraction of sp³-hybridized carbons (Fsp3) is 1.00. The molecule has 0 spiro atoms. The molecule has 0 radical (unpaired) electrons. The van der Waals surface area contributed by atoms with Crippen molar-refractivity contribution in [2.24, 2.45) is 0 Å². The minimum absolute atomic E-state index is 0.671. The monoisotopic (exact) mass is 164 g/mol. The summed E-state index contributed by atoms with van der Waals surface area (Å²) in [7, 11) is 3.21. The predicted molar refractivity (Wildman–Crippen MR) is 45.3 cm³/mol. The van der Waals surface area contributed by atoms with E-state index in [9.17, 15) is 0 Å². The first kappa shape index (κ1) is 10.3. The van der Waals surface area contributed by atoms with Crippen LogP contribution in [-0.4, -0.2) is 19.3 Å². The van der Waals surface area contributed by atoms with Crippen molar-refractivity contribution < 1.29 is 9.47 Å². The third kappa shape index (κ3) is 3.44. The maximum atomic E-state index is 5.03. The molecule has 0 heterocycles. The molecule has 0 bridgehead atoms. The molecule has 0 amide bonds. The van der Waals surface area contributed by atoms with E-state index in [4.69, 9.17) is 9.47 Å². The van der Waals surface area contributed by atoms with E-state index in [1.165, 1.54) is 0 Å². The van der Waals surface area contributed by atoms with E-state index in [1.807, 2.05) is 0 Å². The SMILES string of the molecule is CCCCC(S)(OC)OC. The number of unbranched alkanes of at least 4 members (excludes halogenated alkanes) is 1. The van der Waals surface area contributed by atoms with Crippen LogP contribution in [0.5, 0.6) is 0 Å². The molecule has 10 heavy (non-hydrogen) atoms. The van der Waals surface area contributed by atoms with E-state index in [0.29, 0.717) is 0 Å². The van der Waals surface area contributed by atoms with Gasteiger partial charge in [-0.3, -0.25) is 0 Å². The highest BCUT2D eigenvalue weighted by Gasteiger charge is 2.22. The van der Waals surface area contributed by atoms with Gasteiger partial charge in [0.2, 0.25) is 5.12 Å². The Balaban J connectivity index is 3.58. The first-order chi connectivity index (χ1) is 4.68. The zero-order valence-electron chi connectivity index (χ0n) is 6.89. The quantitative estimate of drug-likeness (QED) is 0.495. The second kappa shape index (κ2) is 4.99. The minimum atomic E-state index is -0.671. The van der Waals surface area contributed by atoms with E-state index in [1.54, 1.807) is 14.2 Å². The van der Waals surface area contributed by atoms with E-state index >= 15 is 0 Å². The van der Waals surface area contributed by atoms with Crippen molar-refractivity contribution in [2.45, 2.75) is 31.3 Å². The first-order valence-corrected chi connectivity index (χ1v) is 3.96.